The minimum atomic E-state index is 0.478. The second kappa shape index (κ2) is 7.58. The number of hydrogen-bond donors (Lipinski definition) is 2. The molecule has 1 rings (SSSR count). The molecular formula is C13H19N3O2S. The first-order valence-electron chi connectivity index (χ1n) is 5.92. The minimum Gasteiger partial charge on any atom is -0.493 e. The van der Waals surface area contributed by atoms with Crippen LogP contribution in [0.1, 0.15) is 18.9 Å². The van der Waals surface area contributed by atoms with E-state index >= 15 is 0 Å². The van der Waals surface area contributed by atoms with E-state index in [-0.39, 0.29) is 0 Å². The fourth-order valence-corrected chi connectivity index (χ4v) is 1.58. The molecule has 0 aliphatic rings. The van der Waals surface area contributed by atoms with Gasteiger partial charge in [0.15, 0.2) is 16.6 Å². The quantitative estimate of drug-likeness (QED) is 0.490. The van der Waals surface area contributed by atoms with Crippen LogP contribution in [0.2, 0.25) is 0 Å². The predicted octanol–water partition coefficient (Wildman–Crippen LogP) is 1.91. The number of nitrogens with zero attached hydrogens (tertiary/aromatic N) is 1. The lowest BCUT2D eigenvalue weighted by Crippen LogP contribution is -2.29. The van der Waals surface area contributed by atoms with Gasteiger partial charge < -0.3 is 14.8 Å². The molecule has 1 aromatic carbocycles. The molecule has 0 fully saturated rings. The number of nitrogens with one attached hydrogen (secondary N) is 2. The molecule has 0 saturated heterocycles. The molecule has 0 bridgehead atoms. The molecule has 1 aromatic rings. The third-order valence-electron chi connectivity index (χ3n) is 2.57. The fourth-order valence-electron chi connectivity index (χ4n) is 1.54. The summed E-state index contributed by atoms with van der Waals surface area (Å²) >= 11 is 4.99. The van der Waals surface area contributed by atoms with Crippen LogP contribution in [-0.4, -0.2) is 32.1 Å². The number of thiocarbonyl (C=S) groups is 1. The molecular weight excluding hydrogens is 262 g/mol. The Kier molecular flexibility index (Phi) is 6.08. The Bertz CT molecular complexity index is 475. The molecule has 0 aliphatic carbocycles. The van der Waals surface area contributed by atoms with Crippen molar-refractivity contribution < 1.29 is 9.47 Å². The molecule has 0 radical (unpaired) electrons. The number of rotatable bonds is 5. The van der Waals surface area contributed by atoms with Crippen molar-refractivity contribution in [1.29, 1.82) is 0 Å². The Morgan fingerprint density at radius 3 is 2.47 bits per heavy atom. The Labute approximate surface area is 119 Å². The maximum absolute atomic E-state index is 5.28. The number of benzene rings is 1. The maximum atomic E-state index is 5.28. The predicted molar refractivity (Wildman–Crippen MR) is 81.2 cm³/mol. The molecule has 0 atom stereocenters. The summed E-state index contributed by atoms with van der Waals surface area (Å²) in [5, 5.41) is 7.56. The van der Waals surface area contributed by atoms with Gasteiger partial charge in [0.05, 0.1) is 19.9 Å². The molecule has 0 aliphatic heterocycles. The van der Waals surface area contributed by atoms with Gasteiger partial charge in [0.2, 0.25) is 0 Å². The van der Waals surface area contributed by atoms with Gasteiger partial charge in [0.25, 0.3) is 0 Å². The summed E-state index contributed by atoms with van der Waals surface area (Å²) < 4.78 is 10.5. The van der Waals surface area contributed by atoms with Crippen molar-refractivity contribution in [3.8, 4) is 11.5 Å². The van der Waals surface area contributed by atoms with Gasteiger partial charge in [0, 0.05) is 12.6 Å². The van der Waals surface area contributed by atoms with Gasteiger partial charge in [-0.1, -0.05) is 6.92 Å². The Balaban J connectivity index is 3.01. The number of hydrogen-bond acceptors (Lipinski definition) is 4. The van der Waals surface area contributed by atoms with Gasteiger partial charge >= 0.3 is 0 Å². The fraction of sp³-hybridized carbons (Fsp3) is 0.385. The third-order valence-corrected chi connectivity index (χ3v) is 2.87. The highest BCUT2D eigenvalue weighted by Gasteiger charge is 2.08. The van der Waals surface area contributed by atoms with Crippen LogP contribution in [0.5, 0.6) is 11.5 Å². The summed E-state index contributed by atoms with van der Waals surface area (Å²) in [6.07, 6.45) is 0.773. The van der Waals surface area contributed by atoms with Gasteiger partial charge in [-0.3, -0.25) is 5.43 Å². The minimum absolute atomic E-state index is 0.478. The second-order valence-corrected chi connectivity index (χ2v) is 4.08. The smallest absolute Gasteiger partial charge is 0.186 e. The molecule has 0 amide bonds. The van der Waals surface area contributed by atoms with Gasteiger partial charge in [-0.15, -0.1) is 0 Å². The zero-order chi connectivity index (χ0) is 14.3. The van der Waals surface area contributed by atoms with E-state index < -0.39 is 0 Å². The lowest BCUT2D eigenvalue weighted by atomic mass is 10.1. The summed E-state index contributed by atoms with van der Waals surface area (Å²) in [6, 6.07) is 5.69. The van der Waals surface area contributed by atoms with E-state index in [0.29, 0.717) is 16.6 Å². The summed E-state index contributed by atoms with van der Waals surface area (Å²) in [7, 11) is 4.96. The monoisotopic (exact) mass is 281 g/mol. The van der Waals surface area contributed by atoms with Crippen molar-refractivity contribution in [3.63, 3.8) is 0 Å². The molecule has 0 unspecified atom stereocenters. The van der Waals surface area contributed by atoms with Crippen molar-refractivity contribution in [2.45, 2.75) is 13.3 Å². The van der Waals surface area contributed by atoms with Crippen LogP contribution >= 0.6 is 12.2 Å². The standard InChI is InChI=1S/C13H19N3O2S/c1-5-10(15-16-13(19)14-2)9-6-7-11(17-3)12(8-9)18-4/h6-8H,5H2,1-4H3,(H2,14,16,19)/b15-10+. The van der Waals surface area contributed by atoms with Crippen molar-refractivity contribution in [2.75, 3.05) is 21.3 Å². The van der Waals surface area contributed by atoms with E-state index in [2.05, 4.69) is 15.8 Å². The summed E-state index contributed by atoms with van der Waals surface area (Å²) in [5.41, 5.74) is 4.64. The second-order valence-electron chi connectivity index (χ2n) is 3.67. The lowest BCUT2D eigenvalue weighted by molar-refractivity contribution is 0.355. The summed E-state index contributed by atoms with van der Waals surface area (Å²) in [6.45, 7) is 2.03. The molecule has 5 nitrogen and oxygen atoms in total. The first-order valence-corrected chi connectivity index (χ1v) is 6.33. The summed E-state index contributed by atoms with van der Waals surface area (Å²) in [4.78, 5) is 0. The first kappa shape index (κ1) is 15.2. The molecule has 0 aromatic heterocycles. The molecule has 2 N–H and O–H groups in total. The molecule has 6 heteroatoms. The normalized spacial score (nSPS) is 10.8. The number of ether oxygens (including phenoxy) is 2. The van der Waals surface area contributed by atoms with Crippen LogP contribution in [0.4, 0.5) is 0 Å². The number of methoxy groups -OCH3 is 2. The van der Waals surface area contributed by atoms with Gasteiger partial charge in [-0.2, -0.15) is 5.10 Å². The zero-order valence-corrected chi connectivity index (χ0v) is 12.4. The van der Waals surface area contributed by atoms with Gasteiger partial charge in [-0.25, -0.2) is 0 Å². The van der Waals surface area contributed by atoms with Crippen molar-refractivity contribution >= 4 is 23.0 Å². The topological polar surface area (TPSA) is 54.9 Å². The van der Waals surface area contributed by atoms with Crippen molar-refractivity contribution in [2.24, 2.45) is 5.10 Å². The van der Waals surface area contributed by atoms with Crippen LogP contribution < -0.4 is 20.2 Å². The van der Waals surface area contributed by atoms with E-state index in [9.17, 15) is 0 Å². The largest absolute Gasteiger partial charge is 0.493 e. The molecule has 0 saturated carbocycles. The highest BCUT2D eigenvalue weighted by Crippen LogP contribution is 2.28. The average molecular weight is 281 g/mol. The maximum Gasteiger partial charge on any atom is 0.186 e. The summed E-state index contributed by atoms with van der Waals surface area (Å²) in [5.74, 6) is 1.37. The van der Waals surface area contributed by atoms with Crippen LogP contribution in [0.25, 0.3) is 0 Å². The van der Waals surface area contributed by atoms with E-state index in [1.54, 1.807) is 21.3 Å². The van der Waals surface area contributed by atoms with Crippen molar-refractivity contribution in [3.05, 3.63) is 23.8 Å². The Morgan fingerprint density at radius 2 is 1.95 bits per heavy atom. The van der Waals surface area contributed by atoms with E-state index in [1.165, 1.54) is 0 Å². The van der Waals surface area contributed by atoms with Crippen LogP contribution in [0.3, 0.4) is 0 Å². The lowest BCUT2D eigenvalue weighted by Gasteiger charge is -2.11. The molecule has 0 spiro atoms. The first-order chi connectivity index (χ1) is 9.15. The number of hydrazone groups is 1. The van der Waals surface area contributed by atoms with Gasteiger partial charge in [-0.05, 0) is 36.8 Å². The van der Waals surface area contributed by atoms with Crippen LogP contribution in [-0.2, 0) is 0 Å². The zero-order valence-electron chi connectivity index (χ0n) is 11.6. The molecule has 19 heavy (non-hydrogen) atoms. The van der Waals surface area contributed by atoms with E-state index in [4.69, 9.17) is 21.7 Å². The third kappa shape index (κ3) is 4.10. The molecule has 0 heterocycles. The van der Waals surface area contributed by atoms with Crippen molar-refractivity contribution in [1.82, 2.24) is 10.7 Å². The highest BCUT2D eigenvalue weighted by molar-refractivity contribution is 7.80. The Morgan fingerprint density at radius 1 is 1.26 bits per heavy atom. The van der Waals surface area contributed by atoms with Crippen LogP contribution in [0.15, 0.2) is 23.3 Å². The Hall–Kier alpha value is -1.82. The molecule has 104 valence electrons. The van der Waals surface area contributed by atoms with E-state index in [1.807, 2.05) is 25.1 Å². The van der Waals surface area contributed by atoms with Gasteiger partial charge in [0.1, 0.15) is 0 Å². The average Bonchev–Trinajstić information content (AvgIpc) is 2.47. The SMILES string of the molecule is CC/C(=N\NC(=S)NC)c1ccc(OC)c(OC)c1. The van der Waals surface area contributed by atoms with E-state index in [0.717, 1.165) is 17.7 Å². The highest BCUT2D eigenvalue weighted by atomic mass is 32.1. The van der Waals surface area contributed by atoms with Crippen LogP contribution in [0, 0.1) is 0 Å².